The van der Waals surface area contributed by atoms with Crippen molar-refractivity contribution in [2.75, 3.05) is 11.4 Å². The molecule has 0 unspecified atom stereocenters. The summed E-state index contributed by atoms with van der Waals surface area (Å²) < 4.78 is 0. The van der Waals surface area contributed by atoms with Gasteiger partial charge in [0.1, 0.15) is 0 Å². The van der Waals surface area contributed by atoms with Crippen molar-refractivity contribution in [3.8, 4) is 0 Å². The molecule has 1 aromatic rings. The highest BCUT2D eigenvalue weighted by Crippen LogP contribution is 2.48. The Labute approximate surface area is 112 Å². The first-order valence-corrected chi connectivity index (χ1v) is 7.72. The molecule has 0 aromatic heterocycles. The Morgan fingerprint density at radius 2 is 1.56 bits per heavy atom. The van der Waals surface area contributed by atoms with Gasteiger partial charge in [0.15, 0.2) is 0 Å². The van der Waals surface area contributed by atoms with Crippen molar-refractivity contribution >= 4 is 12.5 Å². The van der Waals surface area contributed by atoms with Gasteiger partial charge in [-0.1, -0.05) is 56.7 Å². The Bertz CT molecular complexity index is 356. The lowest BCUT2D eigenvalue weighted by molar-refractivity contribution is 0.440. The third-order valence-electron chi connectivity index (χ3n) is 5.05. The molecule has 2 bridgehead atoms. The Morgan fingerprint density at radius 1 is 1.00 bits per heavy atom. The smallest absolute Gasteiger partial charge is 0.260 e. The van der Waals surface area contributed by atoms with Crippen molar-refractivity contribution in [1.29, 1.82) is 0 Å². The van der Waals surface area contributed by atoms with Crippen molar-refractivity contribution < 1.29 is 0 Å². The van der Waals surface area contributed by atoms with E-state index in [-0.39, 0.29) is 0 Å². The van der Waals surface area contributed by atoms with Crippen LogP contribution in [0.1, 0.15) is 45.4 Å². The lowest BCUT2D eigenvalue weighted by atomic mass is 9.33. The molecule has 2 heterocycles. The van der Waals surface area contributed by atoms with Gasteiger partial charge >= 0.3 is 0 Å². The first-order valence-electron chi connectivity index (χ1n) is 7.72. The van der Waals surface area contributed by atoms with Gasteiger partial charge in [0.2, 0.25) is 0 Å². The normalized spacial score (nSPS) is 27.1. The number of benzene rings is 1. The van der Waals surface area contributed by atoms with Crippen LogP contribution in [0.15, 0.2) is 30.3 Å². The van der Waals surface area contributed by atoms with Crippen molar-refractivity contribution in [3.05, 3.63) is 30.3 Å². The molecule has 3 rings (SSSR count). The van der Waals surface area contributed by atoms with Gasteiger partial charge in [-0.25, -0.2) is 0 Å². The molecule has 2 fully saturated rings. The fourth-order valence-corrected chi connectivity index (χ4v) is 4.34. The quantitative estimate of drug-likeness (QED) is 0.698. The van der Waals surface area contributed by atoms with E-state index in [1.54, 1.807) is 0 Å². The first kappa shape index (κ1) is 12.1. The third kappa shape index (κ3) is 2.18. The van der Waals surface area contributed by atoms with Crippen LogP contribution in [0.3, 0.4) is 0 Å². The highest BCUT2D eigenvalue weighted by atomic mass is 15.1. The molecule has 2 aliphatic heterocycles. The standard InChI is InChI=1S/C16H24BN/c1-2-18(16-12-4-3-5-13-16)17-14-8-6-9-15(17)11-7-10-14/h3-5,12-15H,2,6-11H2,1H3. The van der Waals surface area contributed by atoms with E-state index in [4.69, 9.17) is 0 Å². The van der Waals surface area contributed by atoms with Crippen LogP contribution in [-0.2, 0) is 0 Å². The lowest BCUT2D eigenvalue weighted by Crippen LogP contribution is -2.49. The van der Waals surface area contributed by atoms with E-state index in [1.807, 2.05) is 0 Å². The zero-order chi connectivity index (χ0) is 12.4. The number of anilines is 1. The van der Waals surface area contributed by atoms with Crippen molar-refractivity contribution in [2.24, 2.45) is 0 Å². The minimum atomic E-state index is 0.819. The molecule has 96 valence electrons. The average molecular weight is 241 g/mol. The Morgan fingerprint density at radius 3 is 2.06 bits per heavy atom. The number of hydrogen-bond acceptors (Lipinski definition) is 1. The summed E-state index contributed by atoms with van der Waals surface area (Å²) in [4.78, 5) is 2.69. The molecule has 2 heteroatoms. The van der Waals surface area contributed by atoms with Crippen molar-refractivity contribution in [2.45, 2.75) is 57.1 Å². The van der Waals surface area contributed by atoms with Crippen LogP contribution in [0.5, 0.6) is 0 Å². The van der Waals surface area contributed by atoms with Crippen LogP contribution in [0.2, 0.25) is 11.6 Å². The largest absolute Gasteiger partial charge is 0.415 e. The van der Waals surface area contributed by atoms with E-state index in [9.17, 15) is 0 Å². The summed E-state index contributed by atoms with van der Waals surface area (Å²) >= 11 is 0. The molecule has 0 N–H and O–H groups in total. The second-order valence-electron chi connectivity index (χ2n) is 5.99. The molecular formula is C16H24BN. The molecule has 2 aliphatic rings. The highest BCUT2D eigenvalue weighted by molar-refractivity contribution is 6.66. The molecule has 0 spiro atoms. The van der Waals surface area contributed by atoms with Gasteiger partial charge in [-0.3, -0.25) is 0 Å². The number of fused-ring (bicyclic) bond motifs is 2. The summed E-state index contributed by atoms with van der Waals surface area (Å²) in [6, 6.07) is 11.0. The molecule has 18 heavy (non-hydrogen) atoms. The van der Waals surface area contributed by atoms with E-state index >= 15 is 0 Å². The van der Waals surface area contributed by atoms with Crippen LogP contribution < -0.4 is 4.81 Å². The summed E-state index contributed by atoms with van der Waals surface area (Å²) in [6.07, 6.45) is 8.79. The van der Waals surface area contributed by atoms with E-state index in [0.29, 0.717) is 0 Å². The Balaban J connectivity index is 1.87. The van der Waals surface area contributed by atoms with Gasteiger partial charge in [0.25, 0.3) is 6.85 Å². The van der Waals surface area contributed by atoms with E-state index in [1.165, 1.54) is 44.2 Å². The maximum absolute atomic E-state index is 2.69. The second-order valence-corrected chi connectivity index (χ2v) is 5.99. The summed E-state index contributed by atoms with van der Waals surface area (Å²) in [5.41, 5.74) is 1.43. The van der Waals surface area contributed by atoms with Crippen LogP contribution in [0, 0.1) is 0 Å². The molecular weight excluding hydrogens is 217 g/mol. The maximum atomic E-state index is 2.69. The first-order chi connectivity index (χ1) is 8.90. The molecule has 1 nitrogen and oxygen atoms in total. The zero-order valence-electron chi connectivity index (χ0n) is 11.5. The average Bonchev–Trinajstić information content (AvgIpc) is 2.40. The second kappa shape index (κ2) is 5.38. The molecule has 0 amide bonds. The third-order valence-corrected chi connectivity index (χ3v) is 5.05. The molecule has 0 aliphatic carbocycles. The van der Waals surface area contributed by atoms with Gasteiger partial charge in [0.05, 0.1) is 0 Å². The fourth-order valence-electron chi connectivity index (χ4n) is 4.34. The molecule has 1 aromatic carbocycles. The zero-order valence-corrected chi connectivity index (χ0v) is 11.5. The summed E-state index contributed by atoms with van der Waals surface area (Å²) in [5, 5.41) is 0. The number of hydrogen-bond donors (Lipinski definition) is 0. The number of rotatable bonds is 3. The molecule has 0 saturated carbocycles. The lowest BCUT2D eigenvalue weighted by Gasteiger charge is -2.46. The molecule has 0 radical (unpaired) electrons. The monoisotopic (exact) mass is 241 g/mol. The minimum absolute atomic E-state index is 0.819. The summed E-state index contributed by atoms with van der Waals surface area (Å²) in [6.45, 7) is 4.29. The topological polar surface area (TPSA) is 3.24 Å². The van der Waals surface area contributed by atoms with E-state index < -0.39 is 0 Å². The van der Waals surface area contributed by atoms with E-state index in [0.717, 1.165) is 25.0 Å². The Hall–Kier alpha value is -0.915. The molecule has 2 saturated heterocycles. The number of para-hydroxylation sites is 1. The highest BCUT2D eigenvalue weighted by Gasteiger charge is 2.43. The van der Waals surface area contributed by atoms with Gasteiger partial charge in [-0.05, 0) is 30.7 Å². The van der Waals surface area contributed by atoms with Crippen molar-refractivity contribution in [1.82, 2.24) is 0 Å². The van der Waals surface area contributed by atoms with Gasteiger partial charge in [-0.2, -0.15) is 0 Å². The van der Waals surface area contributed by atoms with E-state index in [2.05, 4.69) is 42.1 Å². The predicted octanol–water partition coefficient (Wildman–Crippen LogP) is 4.61. The van der Waals surface area contributed by atoms with Crippen molar-refractivity contribution in [3.63, 3.8) is 0 Å². The van der Waals surface area contributed by atoms with Crippen LogP contribution >= 0.6 is 0 Å². The van der Waals surface area contributed by atoms with Crippen LogP contribution in [-0.4, -0.2) is 13.4 Å². The fraction of sp³-hybridized carbons (Fsp3) is 0.625. The number of nitrogens with zero attached hydrogens (tertiary/aromatic N) is 1. The van der Waals surface area contributed by atoms with Crippen LogP contribution in [0.25, 0.3) is 0 Å². The maximum Gasteiger partial charge on any atom is 0.260 e. The summed E-state index contributed by atoms with van der Waals surface area (Å²) in [5.74, 6) is 1.91. The van der Waals surface area contributed by atoms with Gasteiger partial charge in [-0.15, -0.1) is 0 Å². The van der Waals surface area contributed by atoms with Gasteiger partial charge in [0, 0.05) is 12.2 Å². The van der Waals surface area contributed by atoms with Crippen LogP contribution in [0.4, 0.5) is 5.69 Å². The minimum Gasteiger partial charge on any atom is -0.415 e. The van der Waals surface area contributed by atoms with Gasteiger partial charge < -0.3 is 4.81 Å². The SMILES string of the molecule is CCN(B1C2CCCC1CCC2)c1ccccc1. The summed E-state index contributed by atoms with van der Waals surface area (Å²) in [7, 11) is 0. The molecule has 0 atom stereocenters. The Kier molecular flexibility index (Phi) is 3.63. The predicted molar refractivity (Wildman–Crippen MR) is 80.4 cm³/mol.